The number of anilines is 3. The number of hydrogen-bond donors (Lipinski definition) is 3. The van der Waals surface area contributed by atoms with Crippen molar-refractivity contribution in [2.75, 3.05) is 36.9 Å². The van der Waals surface area contributed by atoms with Gasteiger partial charge < -0.3 is 20.7 Å². The Kier molecular flexibility index (Phi) is 6.55. The molecule has 4 heterocycles. The fourth-order valence-corrected chi connectivity index (χ4v) is 4.67. The molecule has 2 fully saturated rings. The Morgan fingerprint density at radius 2 is 1.76 bits per heavy atom. The van der Waals surface area contributed by atoms with E-state index in [1.54, 1.807) is 10.7 Å². The molecule has 192 valence electrons. The highest BCUT2D eigenvalue weighted by atomic mass is 16.5. The van der Waals surface area contributed by atoms with Crippen LogP contribution >= 0.6 is 0 Å². The molecule has 0 radical (unpaired) electrons. The number of rotatable bonds is 7. The lowest BCUT2D eigenvalue weighted by atomic mass is 10.1. The lowest BCUT2D eigenvalue weighted by Gasteiger charge is -2.35. The van der Waals surface area contributed by atoms with Gasteiger partial charge in [0.15, 0.2) is 5.65 Å². The highest BCUT2D eigenvalue weighted by Crippen LogP contribution is 2.27. The molecule has 1 amide bonds. The molecule has 0 aliphatic carbocycles. The fraction of sp³-hybridized carbons (Fsp3) is 0.214. The first-order chi connectivity index (χ1) is 18.6. The summed E-state index contributed by atoms with van der Waals surface area (Å²) in [7, 11) is 0. The average Bonchev–Trinajstić information content (AvgIpc) is 3.50. The maximum absolute atomic E-state index is 12.4. The highest BCUT2D eigenvalue weighted by molar-refractivity contribution is 6.02. The monoisotopic (exact) mass is 508 g/mol. The largest absolute Gasteiger partial charge is 0.379 e. The molecule has 0 spiro atoms. The van der Waals surface area contributed by atoms with Crippen LogP contribution in [0, 0.1) is 0 Å². The summed E-state index contributed by atoms with van der Waals surface area (Å²) in [6.45, 7) is 6.78. The van der Waals surface area contributed by atoms with Crippen LogP contribution in [0.4, 0.5) is 17.6 Å². The zero-order valence-corrected chi connectivity index (χ0v) is 20.8. The second kappa shape index (κ2) is 10.4. The molecule has 3 N–H and O–H groups in total. The van der Waals surface area contributed by atoms with Gasteiger partial charge in [-0.1, -0.05) is 55.1 Å². The van der Waals surface area contributed by atoms with E-state index in [2.05, 4.69) is 44.7 Å². The Bertz CT molecular complexity index is 1490. The van der Waals surface area contributed by atoms with Gasteiger partial charge in [0.1, 0.15) is 6.17 Å². The number of hydrogen-bond acceptors (Lipinski definition) is 8. The van der Waals surface area contributed by atoms with Crippen LogP contribution < -0.4 is 16.0 Å². The molecule has 2 aromatic heterocycles. The summed E-state index contributed by atoms with van der Waals surface area (Å²) < 4.78 is 7.25. The van der Waals surface area contributed by atoms with E-state index in [-0.39, 0.29) is 12.1 Å². The molecule has 1 unspecified atom stereocenters. The van der Waals surface area contributed by atoms with Crippen molar-refractivity contribution in [1.29, 1.82) is 0 Å². The van der Waals surface area contributed by atoms with Gasteiger partial charge in [0.2, 0.25) is 11.9 Å². The van der Waals surface area contributed by atoms with Crippen molar-refractivity contribution in [3.8, 4) is 0 Å². The molecular formula is C28H28N8O2. The van der Waals surface area contributed by atoms with Gasteiger partial charge in [-0.2, -0.15) is 19.6 Å². The first-order valence-corrected chi connectivity index (χ1v) is 12.5. The number of benzene rings is 2. The van der Waals surface area contributed by atoms with Gasteiger partial charge in [0.05, 0.1) is 19.4 Å². The van der Waals surface area contributed by atoms with E-state index < -0.39 is 0 Å². The fourth-order valence-electron chi connectivity index (χ4n) is 4.67. The van der Waals surface area contributed by atoms with Crippen molar-refractivity contribution >= 4 is 35.2 Å². The minimum atomic E-state index is -0.152. The van der Waals surface area contributed by atoms with Crippen LogP contribution in [0.2, 0.25) is 0 Å². The van der Waals surface area contributed by atoms with Crippen molar-refractivity contribution < 1.29 is 9.53 Å². The normalized spacial score (nSPS) is 18.1. The number of para-hydroxylation sites is 1. The molecule has 0 bridgehead atoms. The van der Waals surface area contributed by atoms with E-state index in [0.29, 0.717) is 54.0 Å². The standard InChI is InChI=1S/C28H28N8O2/c1-19-16-21(26(37)30-19)17-22-18-29-36-25(22)33-27(34-28(36)31-23-10-6-3-7-11-23)32-24(20-8-4-2-5-9-20)35-12-14-38-15-13-35/h2-11,17-18,24H,1,12-16H2,(H,30,37)(H2,31,32,33,34)/b21-17+. The third kappa shape index (κ3) is 4.99. The molecule has 2 saturated heterocycles. The van der Waals surface area contributed by atoms with E-state index >= 15 is 0 Å². The number of allylic oxidation sites excluding steroid dienone is 1. The SMILES string of the molecule is C=C1C/C(=C\c2cnn3c(Nc4ccccc4)nc(NC(c4ccccc4)N4CCOCC4)nc23)C(=O)N1. The minimum Gasteiger partial charge on any atom is -0.379 e. The minimum absolute atomic E-state index is 0.152. The Labute approximate surface area is 220 Å². The number of aromatic nitrogens is 4. The molecule has 6 rings (SSSR count). The van der Waals surface area contributed by atoms with Crippen LogP contribution in [0.5, 0.6) is 0 Å². The van der Waals surface area contributed by atoms with Crippen LogP contribution in [-0.2, 0) is 9.53 Å². The maximum atomic E-state index is 12.4. The van der Waals surface area contributed by atoms with Crippen molar-refractivity contribution in [3.05, 3.63) is 95.8 Å². The third-order valence-corrected chi connectivity index (χ3v) is 6.53. The summed E-state index contributed by atoms with van der Waals surface area (Å²) in [5.41, 5.74) is 4.56. The van der Waals surface area contributed by atoms with Gasteiger partial charge in [-0.05, 0) is 23.8 Å². The Balaban J connectivity index is 1.43. The number of ether oxygens (including phenoxy) is 1. The summed E-state index contributed by atoms with van der Waals surface area (Å²) in [6, 6.07) is 20.0. The van der Waals surface area contributed by atoms with E-state index in [4.69, 9.17) is 14.7 Å². The number of fused-ring (bicyclic) bond motifs is 1. The molecule has 10 nitrogen and oxygen atoms in total. The smallest absolute Gasteiger partial charge is 0.251 e. The van der Waals surface area contributed by atoms with Crippen LogP contribution in [0.3, 0.4) is 0 Å². The molecule has 1 atom stereocenters. The molecule has 2 aliphatic heterocycles. The third-order valence-electron chi connectivity index (χ3n) is 6.53. The van der Waals surface area contributed by atoms with Crippen molar-refractivity contribution in [2.45, 2.75) is 12.6 Å². The molecule has 2 aliphatic rings. The summed E-state index contributed by atoms with van der Waals surface area (Å²) in [4.78, 5) is 24.4. The Morgan fingerprint density at radius 1 is 1.03 bits per heavy atom. The predicted molar refractivity (Wildman–Crippen MR) is 146 cm³/mol. The van der Waals surface area contributed by atoms with Gasteiger partial charge >= 0.3 is 0 Å². The lowest BCUT2D eigenvalue weighted by Crippen LogP contribution is -2.42. The van der Waals surface area contributed by atoms with Crippen LogP contribution in [0.25, 0.3) is 11.7 Å². The second-order valence-electron chi connectivity index (χ2n) is 9.21. The van der Waals surface area contributed by atoms with E-state index in [1.807, 2.05) is 54.6 Å². The number of carbonyl (C=O) groups is 1. The molecule has 4 aromatic rings. The van der Waals surface area contributed by atoms with Gasteiger partial charge in [0, 0.05) is 42.0 Å². The van der Waals surface area contributed by atoms with E-state index in [9.17, 15) is 4.79 Å². The number of carbonyl (C=O) groups excluding carboxylic acids is 1. The summed E-state index contributed by atoms with van der Waals surface area (Å²) in [5.74, 6) is 0.792. The number of morpholine rings is 1. The Hall–Kier alpha value is -4.54. The summed E-state index contributed by atoms with van der Waals surface area (Å²) >= 11 is 0. The first-order valence-electron chi connectivity index (χ1n) is 12.5. The van der Waals surface area contributed by atoms with Gasteiger partial charge in [-0.3, -0.25) is 9.69 Å². The number of nitrogens with zero attached hydrogens (tertiary/aromatic N) is 5. The van der Waals surface area contributed by atoms with Crippen LogP contribution in [-0.4, -0.2) is 56.7 Å². The van der Waals surface area contributed by atoms with E-state index in [1.165, 1.54) is 0 Å². The molecule has 38 heavy (non-hydrogen) atoms. The topological polar surface area (TPSA) is 109 Å². The average molecular weight is 509 g/mol. The molecule has 2 aromatic carbocycles. The van der Waals surface area contributed by atoms with Gasteiger partial charge in [-0.25, -0.2) is 0 Å². The molecular weight excluding hydrogens is 480 g/mol. The molecule has 10 heteroatoms. The predicted octanol–water partition coefficient (Wildman–Crippen LogP) is 3.73. The highest BCUT2D eigenvalue weighted by Gasteiger charge is 2.25. The maximum Gasteiger partial charge on any atom is 0.251 e. The van der Waals surface area contributed by atoms with Crippen molar-refractivity contribution in [2.24, 2.45) is 0 Å². The van der Waals surface area contributed by atoms with Crippen molar-refractivity contribution in [3.63, 3.8) is 0 Å². The van der Waals surface area contributed by atoms with Crippen LogP contribution in [0.15, 0.2) is 84.7 Å². The second-order valence-corrected chi connectivity index (χ2v) is 9.21. The number of amides is 1. The lowest BCUT2D eigenvalue weighted by molar-refractivity contribution is -0.115. The van der Waals surface area contributed by atoms with Crippen LogP contribution in [0.1, 0.15) is 23.7 Å². The van der Waals surface area contributed by atoms with Gasteiger partial charge in [-0.15, -0.1) is 0 Å². The zero-order valence-electron chi connectivity index (χ0n) is 20.8. The molecule has 0 saturated carbocycles. The van der Waals surface area contributed by atoms with E-state index in [0.717, 1.165) is 24.3 Å². The quantitative estimate of drug-likeness (QED) is 0.324. The zero-order chi connectivity index (χ0) is 25.9. The summed E-state index contributed by atoms with van der Waals surface area (Å²) in [6.07, 6.45) is 3.83. The van der Waals surface area contributed by atoms with Gasteiger partial charge in [0.25, 0.3) is 5.91 Å². The Morgan fingerprint density at radius 3 is 2.47 bits per heavy atom. The number of nitrogens with one attached hydrogen (secondary N) is 3. The van der Waals surface area contributed by atoms with Crippen molar-refractivity contribution in [1.82, 2.24) is 29.8 Å². The first kappa shape index (κ1) is 23.8. The summed E-state index contributed by atoms with van der Waals surface area (Å²) in [5, 5.41) is 14.2.